The zero-order valence-corrected chi connectivity index (χ0v) is 5.70. The smallest absolute Gasteiger partial charge is 0.316 e. The normalized spacial score (nSPS) is 9.09. The van der Waals surface area contributed by atoms with Crippen molar-refractivity contribution in [3.05, 3.63) is 24.3 Å². The van der Waals surface area contributed by atoms with Gasteiger partial charge in [0.2, 0.25) is 5.75 Å². The van der Waals surface area contributed by atoms with Gasteiger partial charge in [0.1, 0.15) is 0 Å². The average molecular weight is 151 g/mol. The Morgan fingerprint density at radius 3 is 2.55 bits per heavy atom. The summed E-state index contributed by atoms with van der Waals surface area (Å²) in [5.74, 6) is -0.244. The maximum atomic E-state index is 10.9. The molecule has 0 saturated carbocycles. The third-order valence-electron chi connectivity index (χ3n) is 1.14. The average Bonchev–Trinajstić information content (AvgIpc) is 1.93. The van der Waals surface area contributed by atoms with Gasteiger partial charge in [-0.25, -0.2) is 4.79 Å². The molecule has 0 aliphatic carbocycles. The predicted octanol–water partition coefficient (Wildman–Crippen LogP) is 1.32. The summed E-state index contributed by atoms with van der Waals surface area (Å²) in [5, 5.41) is 13.1. The largest absolute Gasteiger partial charge is 0.351 e. The third-order valence-corrected chi connectivity index (χ3v) is 1.14. The molecule has 11 heavy (non-hydrogen) atoms. The van der Waals surface area contributed by atoms with Gasteiger partial charge < -0.3 is 11.1 Å². The van der Waals surface area contributed by atoms with E-state index >= 15 is 0 Å². The summed E-state index contributed by atoms with van der Waals surface area (Å²) >= 11 is 0. The number of nitrogens with one attached hydrogen (secondary N) is 1. The van der Waals surface area contributed by atoms with Crippen LogP contribution in [-0.4, -0.2) is 6.03 Å². The van der Waals surface area contributed by atoms with Crippen LogP contribution in [0.1, 0.15) is 0 Å². The number of amides is 2. The molecule has 0 aromatic heterocycles. The first-order valence-corrected chi connectivity index (χ1v) is 3.02. The number of urea groups is 1. The summed E-state index contributed by atoms with van der Waals surface area (Å²) in [4.78, 5) is 10.3. The Bertz CT molecular complexity index is 273. The van der Waals surface area contributed by atoms with Gasteiger partial charge >= 0.3 is 6.03 Å². The molecule has 0 fully saturated rings. The molecule has 57 valence electrons. The summed E-state index contributed by atoms with van der Waals surface area (Å²) in [5.41, 5.74) is 5.01. The fraction of sp³-hybridized carbons (Fsp3) is 0. The molecule has 0 aliphatic rings. The molecule has 0 bridgehead atoms. The van der Waals surface area contributed by atoms with Gasteiger partial charge in [0.05, 0.1) is 5.69 Å². The van der Waals surface area contributed by atoms with E-state index in [-0.39, 0.29) is 11.4 Å². The number of nitrogens with two attached hydrogens (primary N) is 1. The number of benzene rings is 1. The lowest BCUT2D eigenvalue weighted by molar-refractivity contribution is 0.259. The molecule has 0 heterocycles. The van der Waals surface area contributed by atoms with E-state index in [4.69, 9.17) is 5.73 Å². The Labute approximate surface area is 63.6 Å². The standard InChI is InChI=1S/C7H7N2O2/c8-7(11)9-5-3-1-2-4-6(5)10/h1-4H,(H3,8,9,11). The highest BCUT2D eigenvalue weighted by Crippen LogP contribution is 2.21. The molecule has 2 amide bonds. The lowest BCUT2D eigenvalue weighted by atomic mass is 10.3. The van der Waals surface area contributed by atoms with E-state index in [9.17, 15) is 9.90 Å². The van der Waals surface area contributed by atoms with Gasteiger partial charge in [0.15, 0.2) is 0 Å². The monoisotopic (exact) mass is 151 g/mol. The van der Waals surface area contributed by atoms with Crippen molar-refractivity contribution in [3.63, 3.8) is 0 Å². The predicted molar refractivity (Wildman–Crippen MR) is 39.8 cm³/mol. The van der Waals surface area contributed by atoms with Crippen LogP contribution in [0.5, 0.6) is 5.75 Å². The Balaban J connectivity index is 2.86. The number of rotatable bonds is 1. The van der Waals surface area contributed by atoms with Crippen molar-refractivity contribution in [1.82, 2.24) is 0 Å². The molecular weight excluding hydrogens is 144 g/mol. The highest BCUT2D eigenvalue weighted by Gasteiger charge is 2.01. The molecule has 0 aliphatic heterocycles. The summed E-state index contributed by atoms with van der Waals surface area (Å²) in [6, 6.07) is 5.35. The van der Waals surface area contributed by atoms with E-state index in [1.807, 2.05) is 0 Å². The van der Waals surface area contributed by atoms with Crippen LogP contribution >= 0.6 is 0 Å². The van der Waals surface area contributed by atoms with Crippen LogP contribution < -0.4 is 11.1 Å². The molecule has 0 unspecified atom stereocenters. The quantitative estimate of drug-likeness (QED) is 0.624. The number of hydrogen-bond donors (Lipinski definition) is 2. The number of carbonyl (C=O) groups is 1. The SMILES string of the molecule is NC(=O)Nc1ccccc1[O]. The van der Waals surface area contributed by atoms with Crippen molar-refractivity contribution in [2.75, 3.05) is 5.32 Å². The van der Waals surface area contributed by atoms with Gasteiger partial charge in [0, 0.05) is 0 Å². The molecule has 1 aromatic rings. The molecule has 1 aromatic carbocycles. The van der Waals surface area contributed by atoms with Crippen LogP contribution in [0, 0.1) is 0 Å². The van der Waals surface area contributed by atoms with Crippen LogP contribution in [0.15, 0.2) is 24.3 Å². The van der Waals surface area contributed by atoms with Crippen molar-refractivity contribution in [3.8, 4) is 5.75 Å². The molecule has 3 N–H and O–H groups in total. The van der Waals surface area contributed by atoms with Crippen LogP contribution in [-0.2, 0) is 5.11 Å². The van der Waals surface area contributed by atoms with E-state index < -0.39 is 6.03 Å². The molecule has 4 heteroatoms. The van der Waals surface area contributed by atoms with E-state index in [1.165, 1.54) is 12.1 Å². The topological polar surface area (TPSA) is 75.0 Å². The maximum absolute atomic E-state index is 10.9. The van der Waals surface area contributed by atoms with Crippen molar-refractivity contribution in [1.29, 1.82) is 0 Å². The lowest BCUT2D eigenvalue weighted by Gasteiger charge is -1.99. The molecule has 4 nitrogen and oxygen atoms in total. The molecule has 1 radical (unpaired) electrons. The highest BCUT2D eigenvalue weighted by atomic mass is 16.3. The van der Waals surface area contributed by atoms with Crippen LogP contribution in [0.2, 0.25) is 0 Å². The van der Waals surface area contributed by atoms with E-state index in [0.717, 1.165) is 0 Å². The second-order valence-corrected chi connectivity index (χ2v) is 1.99. The van der Waals surface area contributed by atoms with Gasteiger partial charge in [-0.2, -0.15) is 0 Å². The van der Waals surface area contributed by atoms with Crippen LogP contribution in [0.3, 0.4) is 0 Å². The van der Waals surface area contributed by atoms with Crippen LogP contribution in [0.4, 0.5) is 10.5 Å². The summed E-state index contributed by atoms with van der Waals surface area (Å²) < 4.78 is 0. The number of para-hydroxylation sites is 2. The molecular formula is C7H7N2O2. The fourth-order valence-corrected chi connectivity index (χ4v) is 0.703. The molecule has 0 atom stereocenters. The lowest BCUT2D eigenvalue weighted by Crippen LogP contribution is -2.19. The minimum absolute atomic E-state index is 0.208. The minimum atomic E-state index is -0.728. The van der Waals surface area contributed by atoms with Crippen molar-refractivity contribution >= 4 is 11.7 Å². The summed E-state index contributed by atoms with van der Waals surface area (Å²) in [7, 11) is 0. The molecule has 0 saturated heterocycles. The number of hydrogen-bond acceptors (Lipinski definition) is 1. The summed E-state index contributed by atoms with van der Waals surface area (Å²) in [6.45, 7) is 0. The van der Waals surface area contributed by atoms with E-state index in [0.29, 0.717) is 0 Å². The minimum Gasteiger partial charge on any atom is -0.351 e. The van der Waals surface area contributed by atoms with Crippen molar-refractivity contribution < 1.29 is 9.90 Å². The first-order chi connectivity index (χ1) is 5.20. The highest BCUT2D eigenvalue weighted by molar-refractivity contribution is 5.89. The van der Waals surface area contributed by atoms with Gasteiger partial charge in [-0.05, 0) is 12.1 Å². The second kappa shape index (κ2) is 2.92. The van der Waals surface area contributed by atoms with Crippen molar-refractivity contribution in [2.24, 2.45) is 5.73 Å². The Morgan fingerprint density at radius 1 is 1.36 bits per heavy atom. The number of anilines is 1. The molecule has 1 rings (SSSR count). The Hall–Kier alpha value is -1.71. The fourth-order valence-electron chi connectivity index (χ4n) is 0.703. The Kier molecular flexibility index (Phi) is 1.96. The maximum Gasteiger partial charge on any atom is 0.316 e. The van der Waals surface area contributed by atoms with Gasteiger partial charge in [-0.15, -0.1) is 0 Å². The zero-order valence-electron chi connectivity index (χ0n) is 5.70. The summed E-state index contributed by atoms with van der Waals surface area (Å²) in [6.07, 6.45) is 0. The number of carbonyl (C=O) groups excluding carboxylic acids is 1. The zero-order chi connectivity index (χ0) is 8.27. The molecule has 0 spiro atoms. The number of primary amides is 1. The van der Waals surface area contributed by atoms with E-state index in [1.54, 1.807) is 12.1 Å². The first kappa shape index (κ1) is 7.40. The van der Waals surface area contributed by atoms with Crippen LogP contribution in [0.25, 0.3) is 0 Å². The Morgan fingerprint density at radius 2 is 2.00 bits per heavy atom. The second-order valence-electron chi connectivity index (χ2n) is 1.99. The third kappa shape index (κ3) is 1.86. The van der Waals surface area contributed by atoms with E-state index in [2.05, 4.69) is 5.32 Å². The van der Waals surface area contributed by atoms with Gasteiger partial charge in [0.25, 0.3) is 0 Å². The van der Waals surface area contributed by atoms with Crippen molar-refractivity contribution in [2.45, 2.75) is 0 Å². The van der Waals surface area contributed by atoms with Gasteiger partial charge in [-0.3, -0.25) is 5.11 Å². The van der Waals surface area contributed by atoms with Gasteiger partial charge in [-0.1, -0.05) is 12.1 Å². The first-order valence-electron chi connectivity index (χ1n) is 3.02.